The molecule has 0 aliphatic carbocycles. The number of hydrogen-bond acceptors (Lipinski definition) is 4. The minimum absolute atomic E-state index is 0. The Labute approximate surface area is 196 Å². The highest BCUT2D eigenvalue weighted by Crippen LogP contribution is 2.35. The van der Waals surface area contributed by atoms with Crippen LogP contribution >= 0.6 is 12.4 Å². The molecule has 2 N–H and O–H groups in total. The third-order valence-electron chi connectivity index (χ3n) is 5.63. The quantitative estimate of drug-likeness (QED) is 0.654. The molecule has 1 aliphatic rings. The monoisotopic (exact) mass is 485 g/mol. The molecule has 0 aromatic heterocycles. The number of amides is 2. The highest BCUT2D eigenvalue weighted by Gasteiger charge is 2.34. The van der Waals surface area contributed by atoms with Crippen LogP contribution < -0.4 is 20.3 Å². The fourth-order valence-corrected chi connectivity index (χ4v) is 3.69. The molecule has 33 heavy (non-hydrogen) atoms. The lowest BCUT2D eigenvalue weighted by atomic mass is 10.1. The van der Waals surface area contributed by atoms with Gasteiger partial charge in [0.05, 0.1) is 25.3 Å². The van der Waals surface area contributed by atoms with E-state index in [-0.39, 0.29) is 42.1 Å². The van der Waals surface area contributed by atoms with Crippen LogP contribution in [0.4, 0.5) is 18.9 Å². The number of fused-ring (bicyclic) bond motifs is 1. The Morgan fingerprint density at radius 2 is 1.94 bits per heavy atom. The first kappa shape index (κ1) is 26.5. The maximum absolute atomic E-state index is 13.5. The van der Waals surface area contributed by atoms with Gasteiger partial charge in [-0.15, -0.1) is 12.4 Å². The van der Waals surface area contributed by atoms with Crippen LogP contribution in [0.5, 0.6) is 5.75 Å². The summed E-state index contributed by atoms with van der Waals surface area (Å²) in [5.41, 5.74) is 0.887. The van der Waals surface area contributed by atoms with Gasteiger partial charge in [0.1, 0.15) is 11.8 Å². The molecule has 2 aromatic rings. The van der Waals surface area contributed by atoms with Gasteiger partial charge in [-0.05, 0) is 56.6 Å². The van der Waals surface area contributed by atoms with E-state index < -0.39 is 23.8 Å². The lowest BCUT2D eigenvalue weighted by molar-refractivity contribution is -0.137. The summed E-state index contributed by atoms with van der Waals surface area (Å²) in [7, 11) is 3.01. The zero-order valence-corrected chi connectivity index (χ0v) is 19.3. The number of benzene rings is 2. The van der Waals surface area contributed by atoms with E-state index in [0.717, 1.165) is 17.7 Å². The normalized spacial score (nSPS) is 16.8. The Balaban J connectivity index is 0.00000385. The standard InChI is InChI=1S/C23H26F3N3O3.ClH/c1-14(27-2)21(30)28-18-10-8-15-6-4-5-7-19(15)29(22(18)31)13-16-12-17(23(24,25)26)9-11-20(16)32-3;/h4-7,9,11-12,14,18,27H,8,10,13H2,1-3H3,(H,28,30);1H/t14-,18-;/m0./s1. The van der Waals surface area contributed by atoms with Crippen LogP contribution in [0.15, 0.2) is 42.5 Å². The van der Waals surface area contributed by atoms with Crippen LogP contribution in [0.2, 0.25) is 0 Å². The van der Waals surface area contributed by atoms with Crippen molar-refractivity contribution < 1.29 is 27.5 Å². The van der Waals surface area contributed by atoms with Gasteiger partial charge in [-0.25, -0.2) is 0 Å². The molecule has 3 rings (SSSR count). The highest BCUT2D eigenvalue weighted by molar-refractivity contribution is 6.00. The maximum atomic E-state index is 13.5. The van der Waals surface area contributed by atoms with Gasteiger partial charge >= 0.3 is 6.18 Å². The summed E-state index contributed by atoms with van der Waals surface area (Å²) in [4.78, 5) is 27.3. The molecule has 6 nitrogen and oxygen atoms in total. The number of alkyl halides is 3. The molecule has 1 aliphatic heterocycles. The van der Waals surface area contributed by atoms with Gasteiger partial charge in [0.25, 0.3) is 0 Å². The molecule has 0 unspecified atom stereocenters. The van der Waals surface area contributed by atoms with E-state index in [1.54, 1.807) is 26.1 Å². The van der Waals surface area contributed by atoms with Crippen molar-refractivity contribution in [3.05, 3.63) is 59.2 Å². The lowest BCUT2D eigenvalue weighted by Crippen LogP contribution is -2.52. The molecule has 0 bridgehead atoms. The first-order valence-electron chi connectivity index (χ1n) is 10.3. The lowest BCUT2D eigenvalue weighted by Gasteiger charge is -2.28. The Morgan fingerprint density at radius 1 is 1.24 bits per heavy atom. The molecule has 0 radical (unpaired) electrons. The molecular formula is C23H27ClF3N3O3. The van der Waals surface area contributed by atoms with Crippen LogP contribution in [-0.2, 0) is 28.7 Å². The molecule has 180 valence electrons. The average Bonchev–Trinajstić information content (AvgIpc) is 2.90. The number of carbonyl (C=O) groups excluding carboxylic acids is 2. The van der Waals surface area contributed by atoms with Gasteiger partial charge in [-0.1, -0.05) is 18.2 Å². The molecule has 0 spiro atoms. The van der Waals surface area contributed by atoms with E-state index in [1.165, 1.54) is 18.1 Å². The molecule has 2 atom stereocenters. The van der Waals surface area contributed by atoms with Gasteiger partial charge in [-0.2, -0.15) is 13.2 Å². The fraction of sp³-hybridized carbons (Fsp3) is 0.391. The zero-order chi connectivity index (χ0) is 23.5. The first-order valence-corrected chi connectivity index (χ1v) is 10.3. The Bertz CT molecular complexity index is 1000. The zero-order valence-electron chi connectivity index (χ0n) is 18.5. The van der Waals surface area contributed by atoms with Crippen LogP contribution in [0.25, 0.3) is 0 Å². The highest BCUT2D eigenvalue weighted by atomic mass is 35.5. The van der Waals surface area contributed by atoms with E-state index in [4.69, 9.17) is 4.74 Å². The molecule has 10 heteroatoms. The van der Waals surface area contributed by atoms with Crippen LogP contribution in [0, 0.1) is 0 Å². The van der Waals surface area contributed by atoms with E-state index in [1.807, 2.05) is 12.1 Å². The van der Waals surface area contributed by atoms with Crippen LogP contribution in [0.1, 0.15) is 30.0 Å². The van der Waals surface area contributed by atoms with Gasteiger partial charge < -0.3 is 20.3 Å². The second kappa shape index (κ2) is 10.9. The fourth-order valence-electron chi connectivity index (χ4n) is 3.69. The number of ether oxygens (including phenoxy) is 1. The molecular weight excluding hydrogens is 459 g/mol. The third-order valence-corrected chi connectivity index (χ3v) is 5.63. The van der Waals surface area contributed by atoms with E-state index in [9.17, 15) is 22.8 Å². The van der Waals surface area contributed by atoms with E-state index >= 15 is 0 Å². The van der Waals surface area contributed by atoms with Crippen molar-refractivity contribution in [3.8, 4) is 5.75 Å². The number of aryl methyl sites for hydroxylation is 1. The number of rotatable bonds is 6. The second-order valence-electron chi connectivity index (χ2n) is 7.69. The summed E-state index contributed by atoms with van der Waals surface area (Å²) >= 11 is 0. The topological polar surface area (TPSA) is 70.7 Å². The SMILES string of the molecule is CN[C@@H](C)C(=O)N[C@H]1CCc2ccccc2N(Cc2cc(C(F)(F)F)ccc2OC)C1=O.Cl. The molecule has 0 saturated carbocycles. The largest absolute Gasteiger partial charge is 0.496 e. The molecule has 2 amide bonds. The van der Waals surface area contributed by atoms with E-state index in [0.29, 0.717) is 18.5 Å². The molecule has 1 heterocycles. The number of anilines is 1. The average molecular weight is 486 g/mol. The van der Waals surface area contributed by atoms with Gasteiger partial charge in [-0.3, -0.25) is 9.59 Å². The number of para-hydroxylation sites is 1. The second-order valence-corrected chi connectivity index (χ2v) is 7.69. The Hall–Kier alpha value is -2.78. The van der Waals surface area contributed by atoms with Crippen molar-refractivity contribution in [2.45, 2.75) is 44.6 Å². The van der Waals surface area contributed by atoms with Gasteiger partial charge in [0.2, 0.25) is 11.8 Å². The molecule has 2 aromatic carbocycles. The summed E-state index contributed by atoms with van der Waals surface area (Å²) in [6.07, 6.45) is -3.60. The molecule has 0 saturated heterocycles. The van der Waals surface area contributed by atoms with E-state index in [2.05, 4.69) is 10.6 Å². The third kappa shape index (κ3) is 5.97. The van der Waals surface area contributed by atoms with Crippen molar-refractivity contribution in [2.75, 3.05) is 19.1 Å². The number of nitrogens with one attached hydrogen (secondary N) is 2. The first-order chi connectivity index (χ1) is 15.2. The van der Waals surface area contributed by atoms with Gasteiger partial charge in [0, 0.05) is 11.3 Å². The number of halogens is 4. The predicted molar refractivity (Wildman–Crippen MR) is 122 cm³/mol. The number of methoxy groups -OCH3 is 1. The molecule has 0 fully saturated rings. The van der Waals surface area contributed by atoms with Crippen molar-refractivity contribution in [2.24, 2.45) is 0 Å². The van der Waals surface area contributed by atoms with Crippen molar-refractivity contribution in [1.82, 2.24) is 10.6 Å². The number of likely N-dealkylation sites (N-methyl/N-ethyl adjacent to an activating group) is 1. The number of hydrogen-bond donors (Lipinski definition) is 2. The van der Waals surface area contributed by atoms with Crippen LogP contribution in [0.3, 0.4) is 0 Å². The van der Waals surface area contributed by atoms with Crippen LogP contribution in [-0.4, -0.2) is 38.1 Å². The summed E-state index contributed by atoms with van der Waals surface area (Å²) in [5, 5.41) is 5.60. The minimum Gasteiger partial charge on any atom is -0.496 e. The number of carbonyl (C=O) groups is 2. The summed E-state index contributed by atoms with van der Waals surface area (Å²) in [5.74, 6) is -0.462. The van der Waals surface area contributed by atoms with Crippen molar-refractivity contribution in [1.29, 1.82) is 0 Å². The smallest absolute Gasteiger partial charge is 0.416 e. The van der Waals surface area contributed by atoms with Crippen molar-refractivity contribution in [3.63, 3.8) is 0 Å². The minimum atomic E-state index is -4.53. The maximum Gasteiger partial charge on any atom is 0.416 e. The Kier molecular flexibility index (Phi) is 8.74. The summed E-state index contributed by atoms with van der Waals surface area (Å²) in [6, 6.07) is 9.14. The number of nitrogens with zero attached hydrogens (tertiary/aromatic N) is 1. The summed E-state index contributed by atoms with van der Waals surface area (Å²) < 4.78 is 45.2. The Morgan fingerprint density at radius 3 is 2.58 bits per heavy atom. The predicted octanol–water partition coefficient (Wildman–Crippen LogP) is 3.71. The summed E-state index contributed by atoms with van der Waals surface area (Å²) in [6.45, 7) is 1.55. The van der Waals surface area contributed by atoms with Gasteiger partial charge in [0.15, 0.2) is 0 Å². The van der Waals surface area contributed by atoms with Crippen molar-refractivity contribution >= 4 is 29.9 Å².